The molecule has 208 valence electrons. The second-order valence-electron chi connectivity index (χ2n) is 8.78. The van der Waals surface area contributed by atoms with Gasteiger partial charge in [-0.25, -0.2) is 0 Å². The summed E-state index contributed by atoms with van der Waals surface area (Å²) in [7, 11) is 1.48. The highest BCUT2D eigenvalue weighted by Crippen LogP contribution is 2.35. The highest BCUT2D eigenvalue weighted by molar-refractivity contribution is 9.10. The van der Waals surface area contributed by atoms with E-state index in [-0.39, 0.29) is 35.8 Å². The van der Waals surface area contributed by atoms with Crippen molar-refractivity contribution in [3.05, 3.63) is 85.7 Å². The van der Waals surface area contributed by atoms with Gasteiger partial charge in [0.2, 0.25) is 0 Å². The fourth-order valence-corrected chi connectivity index (χ4v) is 5.36. The van der Waals surface area contributed by atoms with Gasteiger partial charge >= 0.3 is 0 Å². The monoisotopic (exact) mass is 644 g/mol. The van der Waals surface area contributed by atoms with Crippen molar-refractivity contribution in [2.24, 2.45) is 0 Å². The molecule has 8 nitrogen and oxygen atoms in total. The molecule has 1 aliphatic heterocycles. The van der Waals surface area contributed by atoms with E-state index in [1.807, 2.05) is 26.0 Å². The molecule has 3 amide bonds. The Labute approximate surface area is 249 Å². The molecule has 3 aromatic rings. The number of thioether (sulfide) groups is 1. The normalized spacial score (nSPS) is 14.0. The lowest BCUT2D eigenvalue weighted by atomic mass is 10.1. The van der Waals surface area contributed by atoms with Crippen LogP contribution in [0.15, 0.2) is 64.0 Å². The van der Waals surface area contributed by atoms with Crippen LogP contribution in [0.3, 0.4) is 0 Å². The van der Waals surface area contributed by atoms with Gasteiger partial charge in [0.25, 0.3) is 17.1 Å². The molecule has 1 heterocycles. The largest absolute Gasteiger partial charge is 0.493 e. The van der Waals surface area contributed by atoms with Gasteiger partial charge < -0.3 is 19.5 Å². The van der Waals surface area contributed by atoms with Crippen LogP contribution in [0.5, 0.6) is 17.2 Å². The summed E-state index contributed by atoms with van der Waals surface area (Å²) >= 11 is 10.4. The van der Waals surface area contributed by atoms with Crippen molar-refractivity contribution in [2.45, 2.75) is 13.8 Å². The minimum absolute atomic E-state index is 0.0874. The number of halogens is 2. The quantitative estimate of drug-likeness (QED) is 0.241. The van der Waals surface area contributed by atoms with Gasteiger partial charge in [0.15, 0.2) is 18.1 Å². The van der Waals surface area contributed by atoms with E-state index in [4.69, 9.17) is 25.8 Å². The van der Waals surface area contributed by atoms with E-state index in [0.717, 1.165) is 32.3 Å². The molecule has 0 bridgehead atoms. The maximum absolute atomic E-state index is 12.9. The third-order valence-electron chi connectivity index (χ3n) is 5.98. The number of anilines is 1. The fourth-order valence-electron chi connectivity index (χ4n) is 3.75. The Kier molecular flexibility index (Phi) is 9.78. The highest BCUT2D eigenvalue weighted by Gasteiger charge is 2.34. The van der Waals surface area contributed by atoms with E-state index in [1.165, 1.54) is 7.11 Å². The standard InChI is InChI=1S/C29H26BrClN2O6S/c1-17-12-20(30)22(13-18(17)2)32-27(34)16-39-24-9-8-19(14-25(24)37-3)15-26-28(35)33(29(36)40-26)10-11-38-23-7-5-4-6-21(23)31/h4-9,12-15H,10-11,16H2,1-3H3,(H,32,34)/b26-15-. The van der Waals surface area contributed by atoms with E-state index >= 15 is 0 Å². The smallest absolute Gasteiger partial charge is 0.293 e. The van der Waals surface area contributed by atoms with E-state index in [0.29, 0.717) is 33.5 Å². The Morgan fingerprint density at radius 2 is 1.77 bits per heavy atom. The van der Waals surface area contributed by atoms with Gasteiger partial charge in [-0.3, -0.25) is 19.3 Å². The minimum atomic E-state index is -0.411. The molecule has 1 saturated heterocycles. The first-order chi connectivity index (χ1) is 19.2. The predicted molar refractivity (Wildman–Crippen MR) is 160 cm³/mol. The van der Waals surface area contributed by atoms with Crippen molar-refractivity contribution in [2.75, 3.05) is 32.2 Å². The highest BCUT2D eigenvalue weighted by atomic mass is 79.9. The van der Waals surface area contributed by atoms with Gasteiger partial charge in [-0.1, -0.05) is 29.8 Å². The first kappa shape index (κ1) is 29.5. The van der Waals surface area contributed by atoms with Gasteiger partial charge in [0.05, 0.1) is 29.3 Å². The van der Waals surface area contributed by atoms with Crippen LogP contribution in [0.2, 0.25) is 5.02 Å². The Bertz CT molecular complexity index is 1500. The molecule has 0 aromatic heterocycles. The molecular formula is C29H26BrClN2O6S. The lowest BCUT2D eigenvalue weighted by Crippen LogP contribution is -2.32. The maximum Gasteiger partial charge on any atom is 0.293 e. The number of rotatable bonds is 10. The average molecular weight is 646 g/mol. The van der Waals surface area contributed by atoms with Crippen LogP contribution >= 0.6 is 39.3 Å². The molecule has 0 radical (unpaired) electrons. The number of nitrogens with zero attached hydrogens (tertiary/aromatic N) is 1. The van der Waals surface area contributed by atoms with Gasteiger partial charge in [-0.05, 0) is 101 Å². The summed E-state index contributed by atoms with van der Waals surface area (Å²) in [5.41, 5.74) is 3.45. The second-order valence-corrected chi connectivity index (χ2v) is 11.0. The van der Waals surface area contributed by atoms with Gasteiger partial charge in [0, 0.05) is 4.47 Å². The number of hydrogen-bond donors (Lipinski definition) is 1. The Balaban J connectivity index is 1.36. The summed E-state index contributed by atoms with van der Waals surface area (Å²) in [6.07, 6.45) is 1.61. The Hall–Kier alpha value is -3.47. The van der Waals surface area contributed by atoms with Crippen molar-refractivity contribution in [1.29, 1.82) is 0 Å². The number of para-hydroxylation sites is 1. The van der Waals surface area contributed by atoms with E-state index in [1.54, 1.807) is 48.5 Å². The van der Waals surface area contributed by atoms with Crippen LogP contribution in [-0.2, 0) is 9.59 Å². The van der Waals surface area contributed by atoms with Crippen LogP contribution in [0.25, 0.3) is 6.08 Å². The van der Waals surface area contributed by atoms with E-state index in [9.17, 15) is 14.4 Å². The number of amides is 3. The lowest BCUT2D eigenvalue weighted by molar-refractivity contribution is -0.123. The summed E-state index contributed by atoms with van der Waals surface area (Å²) < 4.78 is 17.5. The van der Waals surface area contributed by atoms with Gasteiger partial charge in [0.1, 0.15) is 12.4 Å². The van der Waals surface area contributed by atoms with E-state index < -0.39 is 5.91 Å². The van der Waals surface area contributed by atoms with Crippen LogP contribution in [0.4, 0.5) is 10.5 Å². The molecule has 1 aliphatic rings. The van der Waals surface area contributed by atoms with Crippen molar-refractivity contribution < 1.29 is 28.6 Å². The van der Waals surface area contributed by atoms with Crippen molar-refractivity contribution in [3.8, 4) is 17.2 Å². The zero-order valence-corrected chi connectivity index (χ0v) is 25.1. The summed E-state index contributed by atoms with van der Waals surface area (Å²) in [6.45, 7) is 3.93. The molecule has 40 heavy (non-hydrogen) atoms. The third kappa shape index (κ3) is 7.18. The molecule has 3 aromatic carbocycles. The molecule has 1 fully saturated rings. The zero-order chi connectivity index (χ0) is 28.8. The average Bonchev–Trinajstić information content (AvgIpc) is 3.19. The molecular weight excluding hydrogens is 620 g/mol. The number of carbonyl (C=O) groups excluding carboxylic acids is 3. The van der Waals surface area contributed by atoms with Crippen molar-refractivity contribution in [3.63, 3.8) is 0 Å². The minimum Gasteiger partial charge on any atom is -0.493 e. The van der Waals surface area contributed by atoms with Crippen LogP contribution < -0.4 is 19.5 Å². The molecule has 4 rings (SSSR count). The molecule has 0 unspecified atom stereocenters. The molecule has 0 spiro atoms. The summed E-state index contributed by atoms with van der Waals surface area (Å²) in [6, 6.07) is 15.8. The maximum atomic E-state index is 12.9. The molecule has 11 heteroatoms. The molecule has 0 atom stereocenters. The van der Waals surface area contributed by atoms with E-state index in [2.05, 4.69) is 21.2 Å². The van der Waals surface area contributed by atoms with Crippen LogP contribution in [0, 0.1) is 13.8 Å². The first-order valence-corrected chi connectivity index (χ1v) is 14.1. The third-order valence-corrected chi connectivity index (χ3v) is 7.86. The Morgan fingerprint density at radius 1 is 1.02 bits per heavy atom. The molecule has 1 N–H and O–H groups in total. The van der Waals surface area contributed by atoms with Crippen LogP contribution in [0.1, 0.15) is 16.7 Å². The number of hydrogen-bond acceptors (Lipinski definition) is 7. The van der Waals surface area contributed by atoms with Crippen molar-refractivity contribution >= 4 is 68.1 Å². The lowest BCUT2D eigenvalue weighted by Gasteiger charge is -2.14. The topological polar surface area (TPSA) is 94.2 Å². The number of nitrogens with one attached hydrogen (secondary N) is 1. The van der Waals surface area contributed by atoms with Crippen molar-refractivity contribution in [1.82, 2.24) is 4.90 Å². The fraction of sp³-hybridized carbons (Fsp3) is 0.207. The number of carbonyl (C=O) groups is 3. The predicted octanol–water partition coefficient (Wildman–Crippen LogP) is 6.86. The van der Waals surface area contributed by atoms with Gasteiger partial charge in [-0.15, -0.1) is 0 Å². The number of aryl methyl sites for hydroxylation is 2. The first-order valence-electron chi connectivity index (χ1n) is 12.2. The number of benzene rings is 3. The summed E-state index contributed by atoms with van der Waals surface area (Å²) in [5.74, 6) is 0.477. The van der Waals surface area contributed by atoms with Crippen LogP contribution in [-0.4, -0.2) is 48.8 Å². The number of methoxy groups -OCH3 is 1. The SMILES string of the molecule is COc1cc(/C=C2\SC(=O)N(CCOc3ccccc3Cl)C2=O)ccc1OCC(=O)Nc1cc(C)c(C)cc1Br. The second kappa shape index (κ2) is 13.3. The van der Waals surface area contributed by atoms with Gasteiger partial charge in [-0.2, -0.15) is 0 Å². The summed E-state index contributed by atoms with van der Waals surface area (Å²) in [4.78, 5) is 39.3. The Morgan fingerprint density at radius 3 is 2.52 bits per heavy atom. The molecule has 0 saturated carbocycles. The zero-order valence-electron chi connectivity index (χ0n) is 22.0. The number of ether oxygens (including phenoxy) is 3. The molecule has 0 aliphatic carbocycles. The number of imide groups is 1. The summed E-state index contributed by atoms with van der Waals surface area (Å²) in [5, 5.41) is 2.90.